The second-order valence-electron chi connectivity index (χ2n) is 4.97. The molecule has 106 valence electrons. The summed E-state index contributed by atoms with van der Waals surface area (Å²) in [5.74, 6) is 0. The van der Waals surface area contributed by atoms with Crippen molar-refractivity contribution in [3.05, 3.63) is 22.7 Å². The normalized spacial score (nSPS) is 19.2. The number of aliphatic hydroxyl groups is 1. The summed E-state index contributed by atoms with van der Waals surface area (Å²) in [7, 11) is -3.64. The van der Waals surface area contributed by atoms with Crippen LogP contribution in [0.25, 0.3) is 0 Å². The first kappa shape index (κ1) is 14.6. The molecule has 0 amide bonds. The van der Waals surface area contributed by atoms with E-state index >= 15 is 0 Å². The monoisotopic (exact) mass is 304 g/mol. The summed E-state index contributed by atoms with van der Waals surface area (Å²) >= 11 is 5.96. The Hall–Kier alpha value is -0.820. The van der Waals surface area contributed by atoms with Gasteiger partial charge in [-0.3, -0.25) is 0 Å². The largest absolute Gasteiger partial charge is 0.398 e. The van der Waals surface area contributed by atoms with Crippen LogP contribution in [0, 0.1) is 6.92 Å². The molecule has 0 bridgehead atoms. The van der Waals surface area contributed by atoms with Gasteiger partial charge in [0.25, 0.3) is 0 Å². The standard InChI is InChI=1S/C12H17ClN2O3S/c1-3-12(16)6-15(7-12)19(17,18)9-4-10(13)8(2)11(14)5-9/h4-5,16H,3,6-7,14H2,1-2H3. The zero-order valence-corrected chi connectivity index (χ0v) is 12.4. The van der Waals surface area contributed by atoms with Gasteiger partial charge in [-0.2, -0.15) is 4.31 Å². The molecule has 0 aromatic heterocycles. The van der Waals surface area contributed by atoms with E-state index in [1.807, 2.05) is 6.92 Å². The van der Waals surface area contributed by atoms with Crippen molar-refractivity contribution < 1.29 is 13.5 Å². The van der Waals surface area contributed by atoms with Gasteiger partial charge in [-0.15, -0.1) is 0 Å². The van der Waals surface area contributed by atoms with Crippen molar-refractivity contribution >= 4 is 27.3 Å². The van der Waals surface area contributed by atoms with Gasteiger partial charge in [-0.1, -0.05) is 18.5 Å². The summed E-state index contributed by atoms with van der Waals surface area (Å²) in [6.07, 6.45) is 0.524. The van der Waals surface area contributed by atoms with Crippen LogP contribution in [0.2, 0.25) is 5.02 Å². The number of rotatable bonds is 3. The first-order chi connectivity index (χ1) is 8.69. The fourth-order valence-corrected chi connectivity index (χ4v) is 3.93. The zero-order valence-electron chi connectivity index (χ0n) is 10.9. The van der Waals surface area contributed by atoms with Crippen molar-refractivity contribution in [2.45, 2.75) is 30.8 Å². The molecule has 1 aliphatic heterocycles. The van der Waals surface area contributed by atoms with Crippen LogP contribution < -0.4 is 5.73 Å². The van der Waals surface area contributed by atoms with Crippen molar-refractivity contribution in [1.29, 1.82) is 0 Å². The Morgan fingerprint density at radius 2 is 2.05 bits per heavy atom. The average molecular weight is 305 g/mol. The van der Waals surface area contributed by atoms with E-state index < -0.39 is 15.6 Å². The van der Waals surface area contributed by atoms with E-state index in [0.29, 0.717) is 22.7 Å². The quantitative estimate of drug-likeness (QED) is 0.826. The van der Waals surface area contributed by atoms with Gasteiger partial charge in [0, 0.05) is 23.8 Å². The predicted octanol–water partition coefficient (Wildman–Crippen LogP) is 1.38. The molecule has 19 heavy (non-hydrogen) atoms. The van der Waals surface area contributed by atoms with Crippen LogP contribution in [-0.4, -0.2) is 36.5 Å². The number of hydrogen-bond donors (Lipinski definition) is 2. The topological polar surface area (TPSA) is 83.6 Å². The minimum atomic E-state index is -3.64. The van der Waals surface area contributed by atoms with E-state index in [0.717, 1.165) is 0 Å². The fraction of sp³-hybridized carbons (Fsp3) is 0.500. The maximum absolute atomic E-state index is 12.3. The zero-order chi connectivity index (χ0) is 14.4. The van der Waals surface area contributed by atoms with Gasteiger partial charge >= 0.3 is 0 Å². The number of hydrogen-bond acceptors (Lipinski definition) is 4. The van der Waals surface area contributed by atoms with E-state index in [9.17, 15) is 13.5 Å². The minimum absolute atomic E-state index is 0.0683. The number of anilines is 1. The lowest BCUT2D eigenvalue weighted by Crippen LogP contribution is -2.62. The van der Waals surface area contributed by atoms with E-state index in [2.05, 4.69) is 0 Å². The summed E-state index contributed by atoms with van der Waals surface area (Å²) in [6.45, 7) is 3.77. The minimum Gasteiger partial charge on any atom is -0.398 e. The van der Waals surface area contributed by atoms with Crippen LogP contribution in [0.5, 0.6) is 0 Å². The number of benzene rings is 1. The highest BCUT2D eigenvalue weighted by atomic mass is 35.5. The SMILES string of the molecule is CCC1(O)CN(S(=O)(=O)c2cc(N)c(C)c(Cl)c2)C1. The first-order valence-corrected chi connectivity index (χ1v) is 7.79. The Morgan fingerprint density at radius 1 is 1.47 bits per heavy atom. The molecule has 1 heterocycles. The molecule has 0 radical (unpaired) electrons. The van der Waals surface area contributed by atoms with Gasteiger partial charge < -0.3 is 10.8 Å². The molecule has 1 aromatic rings. The molecule has 1 fully saturated rings. The van der Waals surface area contributed by atoms with Crippen LogP contribution >= 0.6 is 11.6 Å². The molecule has 1 saturated heterocycles. The summed E-state index contributed by atoms with van der Waals surface area (Å²) in [5.41, 5.74) is 5.84. The van der Waals surface area contributed by atoms with Crippen molar-refractivity contribution in [3.8, 4) is 0 Å². The van der Waals surface area contributed by atoms with E-state index in [1.165, 1.54) is 16.4 Å². The molecular weight excluding hydrogens is 288 g/mol. The number of halogens is 1. The highest BCUT2D eigenvalue weighted by Crippen LogP contribution is 2.33. The molecule has 0 saturated carbocycles. The number of sulfonamides is 1. The summed E-state index contributed by atoms with van der Waals surface area (Å²) in [6, 6.07) is 2.80. The molecule has 5 nitrogen and oxygen atoms in total. The van der Waals surface area contributed by atoms with Gasteiger partial charge in [0.1, 0.15) is 0 Å². The highest BCUT2D eigenvalue weighted by Gasteiger charge is 2.46. The number of β-amino-alcohol motifs (C(OH)–C–C–N with tert-alkyl or cyclic N) is 1. The Balaban J connectivity index is 2.32. The van der Waals surface area contributed by atoms with E-state index in [-0.39, 0.29) is 18.0 Å². The number of nitrogen functional groups attached to an aromatic ring is 1. The molecule has 0 unspecified atom stereocenters. The molecule has 1 aliphatic rings. The lowest BCUT2D eigenvalue weighted by atomic mass is 9.94. The summed E-state index contributed by atoms with van der Waals surface area (Å²) in [5, 5.41) is 10.2. The van der Waals surface area contributed by atoms with Crippen molar-refractivity contribution in [1.82, 2.24) is 4.31 Å². The summed E-state index contributed by atoms with van der Waals surface area (Å²) in [4.78, 5) is 0.0683. The number of nitrogens with zero attached hydrogens (tertiary/aromatic N) is 1. The van der Waals surface area contributed by atoms with Crippen molar-refractivity contribution in [3.63, 3.8) is 0 Å². The molecule has 3 N–H and O–H groups in total. The first-order valence-electron chi connectivity index (χ1n) is 5.98. The molecule has 0 spiro atoms. The van der Waals surface area contributed by atoms with Gasteiger partial charge in [-0.25, -0.2) is 8.42 Å². The maximum Gasteiger partial charge on any atom is 0.243 e. The van der Waals surface area contributed by atoms with Crippen LogP contribution in [0.15, 0.2) is 17.0 Å². The molecular formula is C12H17ClN2O3S. The van der Waals surface area contributed by atoms with E-state index in [1.54, 1.807) is 6.92 Å². The molecule has 0 aliphatic carbocycles. The van der Waals surface area contributed by atoms with Gasteiger partial charge in [-0.05, 0) is 31.0 Å². The summed E-state index contributed by atoms with van der Waals surface area (Å²) < 4.78 is 25.9. The fourth-order valence-electron chi connectivity index (χ4n) is 1.98. The van der Waals surface area contributed by atoms with Crippen LogP contribution in [-0.2, 0) is 10.0 Å². The second kappa shape index (κ2) is 4.63. The lowest BCUT2D eigenvalue weighted by Gasteiger charge is -2.44. The van der Waals surface area contributed by atoms with Crippen molar-refractivity contribution in [2.24, 2.45) is 0 Å². The van der Waals surface area contributed by atoms with Crippen LogP contribution in [0.3, 0.4) is 0 Å². The Bertz CT molecular complexity index is 586. The average Bonchev–Trinajstić information content (AvgIpc) is 2.31. The molecule has 2 rings (SSSR count). The third kappa shape index (κ3) is 2.45. The number of nitrogens with two attached hydrogens (primary N) is 1. The smallest absolute Gasteiger partial charge is 0.243 e. The van der Waals surface area contributed by atoms with Gasteiger partial charge in [0.2, 0.25) is 10.0 Å². The third-order valence-corrected chi connectivity index (χ3v) is 5.76. The lowest BCUT2D eigenvalue weighted by molar-refractivity contribution is -0.0613. The Labute approximate surface area is 118 Å². The van der Waals surface area contributed by atoms with E-state index in [4.69, 9.17) is 17.3 Å². The molecule has 7 heteroatoms. The molecule has 0 atom stereocenters. The molecule has 1 aromatic carbocycles. The second-order valence-corrected chi connectivity index (χ2v) is 7.32. The third-order valence-electron chi connectivity index (χ3n) is 3.60. The van der Waals surface area contributed by atoms with Crippen molar-refractivity contribution in [2.75, 3.05) is 18.8 Å². The van der Waals surface area contributed by atoms with Gasteiger partial charge in [0.15, 0.2) is 0 Å². The van der Waals surface area contributed by atoms with Crippen LogP contribution in [0.1, 0.15) is 18.9 Å². The maximum atomic E-state index is 12.3. The predicted molar refractivity (Wildman–Crippen MR) is 74.6 cm³/mol. The van der Waals surface area contributed by atoms with Crippen LogP contribution in [0.4, 0.5) is 5.69 Å². The highest BCUT2D eigenvalue weighted by molar-refractivity contribution is 7.89. The Morgan fingerprint density at radius 3 is 2.53 bits per heavy atom. The Kier molecular flexibility index (Phi) is 3.55. The van der Waals surface area contributed by atoms with Gasteiger partial charge in [0.05, 0.1) is 10.5 Å².